The number of carbonyl (C=O) groups excluding carboxylic acids is 2. The van der Waals surface area contributed by atoms with Crippen molar-refractivity contribution >= 4 is 17.5 Å². The summed E-state index contributed by atoms with van der Waals surface area (Å²) in [6.07, 6.45) is 5.38. The molecule has 0 bridgehead atoms. The maximum atomic E-state index is 12.4. The van der Waals surface area contributed by atoms with Crippen molar-refractivity contribution in [2.24, 2.45) is 0 Å². The molecule has 0 aliphatic carbocycles. The highest BCUT2D eigenvalue weighted by Crippen LogP contribution is 2.24. The Hall–Kier alpha value is -2.50. The Balaban J connectivity index is 1.58. The largest absolute Gasteiger partial charge is 0.508 e. The van der Waals surface area contributed by atoms with E-state index in [1.807, 2.05) is 18.2 Å². The molecule has 0 saturated carbocycles. The van der Waals surface area contributed by atoms with Crippen LogP contribution in [0.3, 0.4) is 0 Å². The van der Waals surface area contributed by atoms with Crippen LogP contribution >= 0.6 is 0 Å². The highest BCUT2D eigenvalue weighted by molar-refractivity contribution is 5.87. The standard InChI is InChI=1S/C18H23N3O3/c22-15-6-4-13(5-7-15)14-8-11-21(12-9-14)18(24)20-16-3-1-2-10-19-17(16)23/h4-8,16,22H,1-3,9-12H2,(H,19,23)(H,20,24)/t16-/m0/s1. The van der Waals surface area contributed by atoms with Crippen LogP contribution in [0, 0.1) is 0 Å². The summed E-state index contributed by atoms with van der Waals surface area (Å²) in [6.45, 7) is 1.83. The molecule has 1 fully saturated rings. The van der Waals surface area contributed by atoms with Gasteiger partial charge in [-0.15, -0.1) is 0 Å². The number of nitrogens with one attached hydrogen (secondary N) is 2. The van der Waals surface area contributed by atoms with Crippen LogP contribution in [0.15, 0.2) is 30.3 Å². The summed E-state index contributed by atoms with van der Waals surface area (Å²) < 4.78 is 0. The molecular weight excluding hydrogens is 306 g/mol. The van der Waals surface area contributed by atoms with Crippen LogP contribution in [0.2, 0.25) is 0 Å². The highest BCUT2D eigenvalue weighted by Gasteiger charge is 2.25. The van der Waals surface area contributed by atoms with Crippen molar-refractivity contribution in [3.8, 4) is 5.75 Å². The molecule has 24 heavy (non-hydrogen) atoms. The molecule has 6 heteroatoms. The van der Waals surface area contributed by atoms with Gasteiger partial charge in [-0.2, -0.15) is 0 Å². The molecule has 3 amide bonds. The Morgan fingerprint density at radius 2 is 2.04 bits per heavy atom. The van der Waals surface area contributed by atoms with Gasteiger partial charge in [0, 0.05) is 19.6 Å². The molecule has 1 atom stereocenters. The third kappa shape index (κ3) is 3.88. The zero-order valence-electron chi connectivity index (χ0n) is 13.6. The number of hydrogen-bond donors (Lipinski definition) is 3. The van der Waals surface area contributed by atoms with E-state index in [1.165, 1.54) is 5.57 Å². The lowest BCUT2D eigenvalue weighted by atomic mass is 9.99. The predicted molar refractivity (Wildman–Crippen MR) is 91.5 cm³/mol. The molecule has 3 N–H and O–H groups in total. The minimum atomic E-state index is -0.428. The number of phenolic OH excluding ortho intramolecular Hbond substituents is 1. The van der Waals surface area contributed by atoms with Crippen LogP contribution in [-0.4, -0.2) is 47.6 Å². The number of rotatable bonds is 2. The van der Waals surface area contributed by atoms with Crippen molar-refractivity contribution in [3.63, 3.8) is 0 Å². The van der Waals surface area contributed by atoms with Gasteiger partial charge < -0.3 is 20.6 Å². The quantitative estimate of drug-likeness (QED) is 0.774. The number of benzene rings is 1. The number of nitrogens with zero attached hydrogens (tertiary/aromatic N) is 1. The lowest BCUT2D eigenvalue weighted by Crippen LogP contribution is -2.51. The number of urea groups is 1. The van der Waals surface area contributed by atoms with Gasteiger partial charge >= 0.3 is 6.03 Å². The molecule has 0 spiro atoms. The summed E-state index contributed by atoms with van der Waals surface area (Å²) in [5.74, 6) is 0.163. The fourth-order valence-electron chi connectivity index (χ4n) is 3.11. The van der Waals surface area contributed by atoms with Crippen molar-refractivity contribution in [2.75, 3.05) is 19.6 Å². The number of amides is 3. The summed E-state index contributed by atoms with van der Waals surface area (Å²) in [4.78, 5) is 26.0. The average Bonchev–Trinajstić information content (AvgIpc) is 2.80. The fourth-order valence-corrected chi connectivity index (χ4v) is 3.11. The van der Waals surface area contributed by atoms with E-state index in [1.54, 1.807) is 17.0 Å². The van der Waals surface area contributed by atoms with Gasteiger partial charge in [0.1, 0.15) is 11.8 Å². The number of phenols is 1. The molecule has 0 aromatic heterocycles. The van der Waals surface area contributed by atoms with Gasteiger partial charge in [0.25, 0.3) is 0 Å². The first-order valence-electron chi connectivity index (χ1n) is 8.45. The van der Waals surface area contributed by atoms with E-state index in [4.69, 9.17) is 0 Å². The molecule has 2 aliphatic rings. The molecule has 6 nitrogen and oxygen atoms in total. The van der Waals surface area contributed by atoms with E-state index in [0.717, 1.165) is 24.8 Å². The van der Waals surface area contributed by atoms with E-state index in [9.17, 15) is 14.7 Å². The van der Waals surface area contributed by atoms with Gasteiger partial charge in [0.2, 0.25) is 5.91 Å². The SMILES string of the molecule is O=C1NCCCC[C@@H]1NC(=O)N1CC=C(c2ccc(O)cc2)CC1. The zero-order chi connectivity index (χ0) is 16.9. The molecule has 2 heterocycles. The minimum absolute atomic E-state index is 0.0850. The molecule has 1 aromatic carbocycles. The Morgan fingerprint density at radius 1 is 1.25 bits per heavy atom. The van der Waals surface area contributed by atoms with E-state index in [2.05, 4.69) is 10.6 Å². The molecule has 0 radical (unpaired) electrons. The third-order valence-corrected chi connectivity index (χ3v) is 4.57. The summed E-state index contributed by atoms with van der Waals surface area (Å²) in [6, 6.07) is 6.49. The van der Waals surface area contributed by atoms with E-state index >= 15 is 0 Å². The van der Waals surface area contributed by atoms with E-state index < -0.39 is 6.04 Å². The first kappa shape index (κ1) is 16.4. The normalized spacial score (nSPS) is 21.5. The van der Waals surface area contributed by atoms with Gasteiger partial charge in [-0.3, -0.25) is 4.79 Å². The second kappa shape index (κ2) is 7.38. The minimum Gasteiger partial charge on any atom is -0.508 e. The van der Waals surface area contributed by atoms with Crippen molar-refractivity contribution in [3.05, 3.63) is 35.9 Å². The summed E-state index contributed by atoms with van der Waals surface area (Å²) in [5, 5.41) is 15.0. The average molecular weight is 329 g/mol. The molecule has 128 valence electrons. The lowest BCUT2D eigenvalue weighted by molar-refractivity contribution is -0.122. The molecule has 1 aromatic rings. The smallest absolute Gasteiger partial charge is 0.318 e. The van der Waals surface area contributed by atoms with Gasteiger partial charge in [0.15, 0.2) is 0 Å². The Morgan fingerprint density at radius 3 is 2.75 bits per heavy atom. The maximum absolute atomic E-state index is 12.4. The van der Waals surface area contributed by atoms with Crippen LogP contribution in [0.1, 0.15) is 31.2 Å². The van der Waals surface area contributed by atoms with Crippen LogP contribution in [0.5, 0.6) is 5.75 Å². The topological polar surface area (TPSA) is 81.7 Å². The molecule has 2 aliphatic heterocycles. The van der Waals surface area contributed by atoms with Crippen molar-refractivity contribution in [1.29, 1.82) is 0 Å². The molecular formula is C18H23N3O3. The summed E-state index contributed by atoms with van der Waals surface area (Å²) in [7, 11) is 0. The van der Waals surface area contributed by atoms with Crippen LogP contribution < -0.4 is 10.6 Å². The number of carbonyl (C=O) groups is 2. The zero-order valence-corrected chi connectivity index (χ0v) is 13.6. The molecule has 1 saturated heterocycles. The highest BCUT2D eigenvalue weighted by atomic mass is 16.3. The van der Waals surface area contributed by atoms with Gasteiger partial charge in [-0.1, -0.05) is 18.2 Å². The van der Waals surface area contributed by atoms with Crippen molar-refractivity contribution < 1.29 is 14.7 Å². The second-order valence-electron chi connectivity index (χ2n) is 6.26. The number of aromatic hydroxyl groups is 1. The van der Waals surface area contributed by atoms with Gasteiger partial charge in [-0.05, 0) is 49.0 Å². The number of hydrogen-bond acceptors (Lipinski definition) is 3. The van der Waals surface area contributed by atoms with Crippen LogP contribution in [-0.2, 0) is 4.79 Å². The van der Waals surface area contributed by atoms with Gasteiger partial charge in [-0.25, -0.2) is 4.79 Å². The van der Waals surface area contributed by atoms with E-state index in [-0.39, 0.29) is 17.7 Å². The van der Waals surface area contributed by atoms with Crippen LogP contribution in [0.25, 0.3) is 5.57 Å². The first-order valence-corrected chi connectivity index (χ1v) is 8.45. The monoisotopic (exact) mass is 329 g/mol. The Kier molecular flexibility index (Phi) is 5.03. The first-order chi connectivity index (χ1) is 11.6. The lowest BCUT2D eigenvalue weighted by Gasteiger charge is -2.28. The fraction of sp³-hybridized carbons (Fsp3) is 0.444. The Bertz CT molecular complexity index is 639. The predicted octanol–water partition coefficient (Wildman–Crippen LogP) is 1.86. The van der Waals surface area contributed by atoms with E-state index in [0.29, 0.717) is 26.1 Å². The molecule has 3 rings (SSSR count). The van der Waals surface area contributed by atoms with Crippen molar-refractivity contribution in [1.82, 2.24) is 15.5 Å². The summed E-state index contributed by atoms with van der Waals surface area (Å²) >= 11 is 0. The third-order valence-electron chi connectivity index (χ3n) is 4.57. The van der Waals surface area contributed by atoms with Crippen molar-refractivity contribution in [2.45, 2.75) is 31.7 Å². The van der Waals surface area contributed by atoms with Gasteiger partial charge in [0.05, 0.1) is 0 Å². The Labute approximate surface area is 141 Å². The molecule has 0 unspecified atom stereocenters. The maximum Gasteiger partial charge on any atom is 0.318 e. The second-order valence-corrected chi connectivity index (χ2v) is 6.26. The van der Waals surface area contributed by atoms with Crippen LogP contribution in [0.4, 0.5) is 4.79 Å². The summed E-state index contributed by atoms with van der Waals surface area (Å²) in [5.41, 5.74) is 2.24.